The molecule has 2 rings (SSSR count). The number of ether oxygens (including phenoxy) is 1. The fourth-order valence-corrected chi connectivity index (χ4v) is 2.77. The Balaban J connectivity index is 1.80. The molecular weight excluding hydrogens is 276 g/mol. The molecule has 0 atom stereocenters. The van der Waals surface area contributed by atoms with Gasteiger partial charge in [0.2, 0.25) is 0 Å². The average molecular weight is 294 g/mol. The van der Waals surface area contributed by atoms with Gasteiger partial charge < -0.3 is 14.8 Å². The number of rotatable bonds is 8. The highest BCUT2D eigenvalue weighted by Gasteiger charge is 2.04. The summed E-state index contributed by atoms with van der Waals surface area (Å²) in [5.74, 6) is 1.03. The third-order valence-corrected chi connectivity index (χ3v) is 3.90. The molecule has 0 aliphatic heterocycles. The lowest BCUT2D eigenvalue weighted by Gasteiger charge is -1.98. The SMILES string of the molecule is COc1ccc2nc(SCCCCCC(=O)O)[nH]c2c1. The molecule has 0 aliphatic carbocycles. The van der Waals surface area contributed by atoms with Crippen molar-refractivity contribution in [2.75, 3.05) is 12.9 Å². The molecule has 1 aromatic carbocycles. The third kappa shape index (κ3) is 4.16. The number of hydrogen-bond acceptors (Lipinski definition) is 4. The Bertz CT molecular complexity index is 583. The van der Waals surface area contributed by atoms with Crippen molar-refractivity contribution in [3.63, 3.8) is 0 Å². The van der Waals surface area contributed by atoms with Gasteiger partial charge in [0, 0.05) is 18.2 Å². The van der Waals surface area contributed by atoms with E-state index in [9.17, 15) is 4.79 Å². The van der Waals surface area contributed by atoms with Gasteiger partial charge >= 0.3 is 5.97 Å². The van der Waals surface area contributed by atoms with E-state index in [0.29, 0.717) is 0 Å². The van der Waals surface area contributed by atoms with Crippen molar-refractivity contribution in [3.05, 3.63) is 18.2 Å². The first kappa shape index (κ1) is 14.7. The highest BCUT2D eigenvalue weighted by molar-refractivity contribution is 7.99. The Hall–Kier alpha value is -1.69. The van der Waals surface area contributed by atoms with Crippen LogP contribution in [-0.2, 0) is 4.79 Å². The molecule has 0 saturated carbocycles. The van der Waals surface area contributed by atoms with E-state index in [1.54, 1.807) is 18.9 Å². The number of methoxy groups -OCH3 is 1. The molecule has 0 spiro atoms. The summed E-state index contributed by atoms with van der Waals surface area (Å²) in [7, 11) is 1.64. The van der Waals surface area contributed by atoms with Crippen molar-refractivity contribution in [2.45, 2.75) is 30.8 Å². The predicted molar refractivity (Wildman–Crippen MR) is 79.5 cm³/mol. The predicted octanol–water partition coefficient (Wildman–Crippen LogP) is 3.31. The zero-order chi connectivity index (χ0) is 14.4. The molecular formula is C14H18N2O3S. The van der Waals surface area contributed by atoms with E-state index >= 15 is 0 Å². The van der Waals surface area contributed by atoms with Gasteiger partial charge in [-0.3, -0.25) is 4.79 Å². The molecule has 0 radical (unpaired) electrons. The van der Waals surface area contributed by atoms with E-state index in [-0.39, 0.29) is 6.42 Å². The number of hydrogen-bond donors (Lipinski definition) is 2. The molecule has 20 heavy (non-hydrogen) atoms. The van der Waals surface area contributed by atoms with Gasteiger partial charge in [0.05, 0.1) is 18.1 Å². The van der Waals surface area contributed by atoms with Crippen LogP contribution < -0.4 is 4.74 Å². The number of unbranched alkanes of at least 4 members (excludes halogenated alkanes) is 2. The summed E-state index contributed by atoms with van der Waals surface area (Å²) in [6.07, 6.45) is 2.94. The first-order chi connectivity index (χ1) is 9.69. The van der Waals surface area contributed by atoms with Gasteiger partial charge in [-0.25, -0.2) is 4.98 Å². The zero-order valence-electron chi connectivity index (χ0n) is 11.4. The van der Waals surface area contributed by atoms with Gasteiger partial charge in [0.25, 0.3) is 0 Å². The average Bonchev–Trinajstić information content (AvgIpc) is 2.83. The van der Waals surface area contributed by atoms with E-state index < -0.39 is 5.97 Å². The second kappa shape index (κ2) is 7.19. The van der Waals surface area contributed by atoms with Crippen LogP contribution in [0.2, 0.25) is 0 Å². The number of aromatic amines is 1. The number of aliphatic carboxylic acids is 1. The minimum atomic E-state index is -0.719. The summed E-state index contributed by atoms with van der Waals surface area (Å²) in [6.45, 7) is 0. The number of aromatic nitrogens is 2. The number of nitrogens with zero attached hydrogens (tertiary/aromatic N) is 1. The first-order valence-electron chi connectivity index (χ1n) is 6.57. The number of carbonyl (C=O) groups is 1. The molecule has 0 aliphatic rings. The van der Waals surface area contributed by atoms with Crippen LogP contribution in [0.1, 0.15) is 25.7 Å². The summed E-state index contributed by atoms with van der Waals surface area (Å²) in [4.78, 5) is 18.1. The lowest BCUT2D eigenvalue weighted by molar-refractivity contribution is -0.137. The highest BCUT2D eigenvalue weighted by Crippen LogP contribution is 2.23. The van der Waals surface area contributed by atoms with Gasteiger partial charge in [-0.2, -0.15) is 0 Å². The summed E-state index contributed by atoms with van der Waals surface area (Å²) >= 11 is 1.66. The van der Waals surface area contributed by atoms with Crippen LogP contribution >= 0.6 is 11.8 Å². The normalized spacial score (nSPS) is 10.8. The topological polar surface area (TPSA) is 75.2 Å². The quantitative estimate of drug-likeness (QED) is 0.577. The van der Waals surface area contributed by atoms with Gasteiger partial charge in [-0.15, -0.1) is 0 Å². The lowest BCUT2D eigenvalue weighted by atomic mass is 10.2. The van der Waals surface area contributed by atoms with Crippen LogP contribution in [-0.4, -0.2) is 33.9 Å². The summed E-state index contributed by atoms with van der Waals surface area (Å²) in [5, 5.41) is 9.44. The van der Waals surface area contributed by atoms with E-state index in [2.05, 4.69) is 9.97 Å². The third-order valence-electron chi connectivity index (χ3n) is 2.94. The summed E-state index contributed by atoms with van der Waals surface area (Å²) in [6, 6.07) is 5.75. The van der Waals surface area contributed by atoms with Crippen molar-refractivity contribution in [2.24, 2.45) is 0 Å². The monoisotopic (exact) mass is 294 g/mol. The minimum absolute atomic E-state index is 0.259. The van der Waals surface area contributed by atoms with Crippen molar-refractivity contribution in [1.29, 1.82) is 0 Å². The Morgan fingerprint density at radius 2 is 2.25 bits per heavy atom. The Morgan fingerprint density at radius 1 is 1.40 bits per heavy atom. The van der Waals surface area contributed by atoms with Crippen LogP contribution in [0, 0.1) is 0 Å². The molecule has 2 aromatic rings. The molecule has 0 fully saturated rings. The number of benzene rings is 1. The minimum Gasteiger partial charge on any atom is -0.497 e. The molecule has 0 saturated heterocycles. The molecule has 0 bridgehead atoms. The Morgan fingerprint density at radius 3 is 3.00 bits per heavy atom. The smallest absolute Gasteiger partial charge is 0.303 e. The van der Waals surface area contributed by atoms with Crippen molar-refractivity contribution in [1.82, 2.24) is 9.97 Å². The fraction of sp³-hybridized carbons (Fsp3) is 0.429. The number of imidazole rings is 1. The Kier molecular flexibility index (Phi) is 5.29. The van der Waals surface area contributed by atoms with Crippen LogP contribution in [0.25, 0.3) is 11.0 Å². The second-order valence-corrected chi connectivity index (χ2v) is 5.56. The maximum Gasteiger partial charge on any atom is 0.303 e. The largest absolute Gasteiger partial charge is 0.497 e. The first-order valence-corrected chi connectivity index (χ1v) is 7.56. The van der Waals surface area contributed by atoms with Crippen LogP contribution in [0.4, 0.5) is 0 Å². The van der Waals surface area contributed by atoms with Crippen molar-refractivity contribution < 1.29 is 14.6 Å². The maximum atomic E-state index is 10.4. The number of fused-ring (bicyclic) bond motifs is 1. The molecule has 1 heterocycles. The molecule has 1 aromatic heterocycles. The molecule has 0 amide bonds. The van der Waals surface area contributed by atoms with Crippen LogP contribution in [0.3, 0.4) is 0 Å². The summed E-state index contributed by atoms with van der Waals surface area (Å²) in [5.41, 5.74) is 1.90. The van der Waals surface area contributed by atoms with Gasteiger partial charge in [0.1, 0.15) is 5.75 Å². The van der Waals surface area contributed by atoms with Crippen LogP contribution in [0.15, 0.2) is 23.4 Å². The van der Waals surface area contributed by atoms with Crippen molar-refractivity contribution in [3.8, 4) is 5.75 Å². The Labute approximate surface area is 121 Å². The molecule has 6 heteroatoms. The van der Waals surface area contributed by atoms with Gasteiger partial charge in [0.15, 0.2) is 5.16 Å². The zero-order valence-corrected chi connectivity index (χ0v) is 12.2. The standard InChI is InChI=1S/C14H18N2O3S/c1-19-10-6-7-11-12(9-10)16-14(15-11)20-8-4-2-3-5-13(17)18/h6-7,9H,2-5,8H2,1H3,(H,15,16)(H,17,18). The molecule has 5 nitrogen and oxygen atoms in total. The second-order valence-electron chi connectivity index (χ2n) is 4.48. The van der Waals surface area contributed by atoms with E-state index in [1.807, 2.05) is 18.2 Å². The fourth-order valence-electron chi connectivity index (χ4n) is 1.88. The molecule has 108 valence electrons. The van der Waals surface area contributed by atoms with Crippen LogP contribution in [0.5, 0.6) is 5.75 Å². The molecule has 2 N–H and O–H groups in total. The molecule has 0 unspecified atom stereocenters. The van der Waals surface area contributed by atoms with E-state index in [0.717, 1.165) is 47.0 Å². The number of carboxylic acids is 1. The van der Waals surface area contributed by atoms with Gasteiger partial charge in [-0.1, -0.05) is 18.2 Å². The number of H-pyrrole nitrogens is 1. The van der Waals surface area contributed by atoms with Gasteiger partial charge in [-0.05, 0) is 25.0 Å². The van der Waals surface area contributed by atoms with E-state index in [4.69, 9.17) is 9.84 Å². The highest BCUT2D eigenvalue weighted by atomic mass is 32.2. The van der Waals surface area contributed by atoms with Crippen molar-refractivity contribution >= 4 is 28.8 Å². The number of nitrogens with one attached hydrogen (secondary N) is 1. The van der Waals surface area contributed by atoms with E-state index in [1.165, 1.54) is 0 Å². The number of carboxylic acid groups (broad SMARTS) is 1. The number of thioether (sulfide) groups is 1. The maximum absolute atomic E-state index is 10.4. The lowest BCUT2D eigenvalue weighted by Crippen LogP contribution is -1.93. The summed E-state index contributed by atoms with van der Waals surface area (Å²) < 4.78 is 5.17.